The lowest BCUT2D eigenvalue weighted by Gasteiger charge is -2.13. The van der Waals surface area contributed by atoms with E-state index >= 15 is 0 Å². The van der Waals surface area contributed by atoms with E-state index in [4.69, 9.17) is 17.3 Å². The molecule has 0 aliphatic rings. The normalized spacial score (nSPS) is 10.5. The Hall–Kier alpha value is -1.21. The standard InChI is InChI=1S/C11H18ClN5OS/c1-16(2)9-8(10(18)15-11(13)14-9)17(3)5-7-19-6-4-12/h3-7H2,1-2H3,(H2-,13,14,15,18)/p+1. The first-order valence-corrected chi connectivity index (χ1v) is 7.45. The molecule has 0 saturated heterocycles. The highest BCUT2D eigenvalue weighted by Gasteiger charge is 2.22. The molecule has 0 bridgehead atoms. The molecule has 0 aromatic carbocycles. The van der Waals surface area contributed by atoms with E-state index in [9.17, 15) is 4.79 Å². The van der Waals surface area contributed by atoms with E-state index in [1.54, 1.807) is 35.3 Å². The van der Waals surface area contributed by atoms with Gasteiger partial charge in [-0.15, -0.1) is 11.6 Å². The Morgan fingerprint density at radius 2 is 2.21 bits per heavy atom. The first-order chi connectivity index (χ1) is 8.97. The maximum atomic E-state index is 12.0. The van der Waals surface area contributed by atoms with Crippen LogP contribution in [0, 0.1) is 0 Å². The predicted octanol–water partition coefficient (Wildman–Crippen LogP) is 0.735. The van der Waals surface area contributed by atoms with Crippen LogP contribution in [-0.2, 0) is 0 Å². The minimum absolute atomic E-state index is 0.0994. The largest absolute Gasteiger partial charge is 0.369 e. The molecule has 1 aromatic rings. The van der Waals surface area contributed by atoms with Crippen LogP contribution in [0.15, 0.2) is 4.79 Å². The number of nitrogens with zero attached hydrogens (tertiary/aromatic N) is 3. The third-order valence-corrected chi connectivity index (χ3v) is 3.74. The summed E-state index contributed by atoms with van der Waals surface area (Å²) in [6.07, 6.45) is 0. The Bertz CT molecular complexity index is 502. The number of H-pyrrole nitrogens is 1. The van der Waals surface area contributed by atoms with Gasteiger partial charge in [0, 0.05) is 25.7 Å². The number of halogens is 1. The quantitative estimate of drug-likeness (QED) is 0.336. The number of alkyl halides is 1. The number of hydrogen-bond acceptors (Lipinski definition) is 5. The fourth-order valence-electron chi connectivity index (χ4n) is 1.51. The number of nitrogens with one attached hydrogen (secondary N) is 1. The van der Waals surface area contributed by atoms with E-state index in [2.05, 4.69) is 16.7 Å². The number of aromatic nitrogens is 2. The fourth-order valence-corrected chi connectivity index (χ4v) is 2.50. The first kappa shape index (κ1) is 15.8. The molecule has 8 heteroatoms. The topological polar surface area (TPSA) is 78.0 Å². The second kappa shape index (κ2) is 7.40. The summed E-state index contributed by atoms with van der Waals surface area (Å²) in [4.78, 5) is 20.4. The Kier molecular flexibility index (Phi) is 6.17. The summed E-state index contributed by atoms with van der Waals surface area (Å²) in [6, 6.07) is 0. The lowest BCUT2D eigenvalue weighted by molar-refractivity contribution is -0.425. The van der Waals surface area contributed by atoms with Gasteiger partial charge < -0.3 is 10.6 Å². The van der Waals surface area contributed by atoms with Gasteiger partial charge in [0.05, 0.1) is 5.75 Å². The molecule has 19 heavy (non-hydrogen) atoms. The van der Waals surface area contributed by atoms with Crippen LogP contribution in [0.5, 0.6) is 0 Å². The van der Waals surface area contributed by atoms with E-state index in [0.717, 1.165) is 11.5 Å². The van der Waals surface area contributed by atoms with Gasteiger partial charge in [-0.05, 0) is 0 Å². The zero-order chi connectivity index (χ0) is 14.4. The average molecular weight is 305 g/mol. The van der Waals surface area contributed by atoms with Gasteiger partial charge in [-0.1, -0.05) is 0 Å². The molecule has 0 radical (unpaired) electrons. The van der Waals surface area contributed by atoms with Crippen molar-refractivity contribution >= 4 is 47.5 Å². The van der Waals surface area contributed by atoms with E-state index in [-0.39, 0.29) is 11.5 Å². The number of anilines is 2. The minimum Gasteiger partial charge on any atom is -0.369 e. The van der Waals surface area contributed by atoms with Gasteiger partial charge in [0.2, 0.25) is 11.8 Å². The van der Waals surface area contributed by atoms with Crippen molar-refractivity contribution in [3.05, 3.63) is 10.4 Å². The summed E-state index contributed by atoms with van der Waals surface area (Å²) >= 11 is 7.32. The highest BCUT2D eigenvalue weighted by molar-refractivity contribution is 7.99. The average Bonchev–Trinajstić information content (AvgIpc) is 2.33. The molecule has 0 amide bonds. The number of hydrogen-bond donors (Lipinski definition) is 2. The molecule has 0 aliphatic heterocycles. The number of nitrogen functional groups attached to an aromatic ring is 1. The molecule has 6 nitrogen and oxygen atoms in total. The fraction of sp³-hybridized carbons (Fsp3) is 0.545. The highest BCUT2D eigenvalue weighted by atomic mass is 35.5. The van der Waals surface area contributed by atoms with Crippen molar-refractivity contribution in [1.82, 2.24) is 9.97 Å². The van der Waals surface area contributed by atoms with E-state index in [1.165, 1.54) is 0 Å². The van der Waals surface area contributed by atoms with Crippen molar-refractivity contribution in [3.8, 4) is 0 Å². The lowest BCUT2D eigenvalue weighted by Crippen LogP contribution is -2.25. The molecule has 1 rings (SSSR count). The molecular formula is C11H19ClN5OS+. The minimum atomic E-state index is -0.284. The van der Waals surface area contributed by atoms with Crippen LogP contribution in [0.25, 0.3) is 0 Å². The zero-order valence-corrected chi connectivity index (χ0v) is 12.7. The number of rotatable bonds is 7. The third kappa shape index (κ3) is 4.43. The van der Waals surface area contributed by atoms with E-state index in [1.807, 2.05) is 0 Å². The SMILES string of the molecule is C=[N+](CCSCCCl)c1c(N(C)C)nc(N)[nH]c1=O. The Morgan fingerprint density at radius 1 is 1.53 bits per heavy atom. The summed E-state index contributed by atoms with van der Waals surface area (Å²) < 4.78 is 1.64. The van der Waals surface area contributed by atoms with E-state index in [0.29, 0.717) is 23.9 Å². The van der Waals surface area contributed by atoms with Gasteiger partial charge in [0.1, 0.15) is 6.72 Å². The van der Waals surface area contributed by atoms with Crippen LogP contribution in [0.4, 0.5) is 17.5 Å². The molecule has 106 valence electrons. The van der Waals surface area contributed by atoms with Crippen LogP contribution in [-0.4, -0.2) is 59.3 Å². The van der Waals surface area contributed by atoms with Crippen molar-refractivity contribution in [2.45, 2.75) is 0 Å². The van der Waals surface area contributed by atoms with Crippen LogP contribution >= 0.6 is 23.4 Å². The van der Waals surface area contributed by atoms with Crippen LogP contribution in [0.1, 0.15) is 0 Å². The van der Waals surface area contributed by atoms with Crippen LogP contribution < -0.4 is 16.2 Å². The third-order valence-electron chi connectivity index (χ3n) is 2.36. The number of thioether (sulfide) groups is 1. The molecule has 0 atom stereocenters. The molecule has 0 fully saturated rings. The summed E-state index contributed by atoms with van der Waals surface area (Å²) in [6.45, 7) is 4.53. The maximum Gasteiger partial charge on any atom is 0.326 e. The monoisotopic (exact) mass is 304 g/mol. The predicted molar refractivity (Wildman–Crippen MR) is 83.6 cm³/mol. The molecule has 0 spiro atoms. The van der Waals surface area contributed by atoms with Gasteiger partial charge in [0.15, 0.2) is 6.54 Å². The van der Waals surface area contributed by atoms with Crippen LogP contribution in [0.2, 0.25) is 0 Å². The van der Waals surface area contributed by atoms with Gasteiger partial charge in [-0.2, -0.15) is 21.3 Å². The van der Waals surface area contributed by atoms with Gasteiger partial charge >= 0.3 is 11.2 Å². The highest BCUT2D eigenvalue weighted by Crippen LogP contribution is 2.20. The number of nitrogens with two attached hydrogens (primary N) is 1. The second-order valence-electron chi connectivity index (χ2n) is 4.08. The lowest BCUT2D eigenvalue weighted by atomic mass is 10.4. The van der Waals surface area contributed by atoms with Gasteiger partial charge in [-0.25, -0.2) is 0 Å². The maximum absolute atomic E-state index is 12.0. The summed E-state index contributed by atoms with van der Waals surface area (Å²) in [5.74, 6) is 2.95. The zero-order valence-electron chi connectivity index (χ0n) is 11.1. The second-order valence-corrected chi connectivity index (χ2v) is 5.69. The summed E-state index contributed by atoms with van der Waals surface area (Å²) in [5.41, 5.74) is 5.69. The van der Waals surface area contributed by atoms with Crippen LogP contribution in [0.3, 0.4) is 0 Å². The molecule has 0 aliphatic carbocycles. The Morgan fingerprint density at radius 3 is 2.79 bits per heavy atom. The molecule has 0 unspecified atom stereocenters. The van der Waals surface area contributed by atoms with Crippen molar-refractivity contribution in [1.29, 1.82) is 0 Å². The van der Waals surface area contributed by atoms with Gasteiger partial charge in [-0.3, -0.25) is 9.78 Å². The van der Waals surface area contributed by atoms with Crippen molar-refractivity contribution in [2.75, 3.05) is 48.7 Å². The van der Waals surface area contributed by atoms with Gasteiger partial charge in [0.25, 0.3) is 0 Å². The van der Waals surface area contributed by atoms with E-state index < -0.39 is 0 Å². The molecule has 3 N–H and O–H groups in total. The number of aromatic amines is 1. The summed E-state index contributed by atoms with van der Waals surface area (Å²) in [7, 11) is 3.61. The first-order valence-electron chi connectivity index (χ1n) is 5.76. The smallest absolute Gasteiger partial charge is 0.326 e. The van der Waals surface area contributed by atoms with Crippen molar-refractivity contribution in [2.24, 2.45) is 0 Å². The molecule has 1 heterocycles. The molecule has 1 aromatic heterocycles. The Balaban J connectivity index is 2.92. The van der Waals surface area contributed by atoms with Crippen molar-refractivity contribution in [3.63, 3.8) is 0 Å². The summed E-state index contributed by atoms with van der Waals surface area (Å²) in [5, 5.41) is 0. The van der Waals surface area contributed by atoms with Crippen molar-refractivity contribution < 1.29 is 4.58 Å². The molecular weight excluding hydrogens is 286 g/mol. The molecule has 0 saturated carbocycles. The Labute approximate surface area is 121 Å².